The quantitative estimate of drug-likeness (QED) is 0.530. The lowest BCUT2D eigenvalue weighted by Gasteiger charge is -1.93. The van der Waals surface area contributed by atoms with Gasteiger partial charge in [-0.3, -0.25) is 0 Å². The zero-order valence-electron chi connectivity index (χ0n) is 5.29. The van der Waals surface area contributed by atoms with Gasteiger partial charge in [-0.1, -0.05) is 13.8 Å². The summed E-state index contributed by atoms with van der Waals surface area (Å²) in [5, 5.41) is 8.50. The standard InChI is InChI=1S/C6H12O2/c1-4(2)6-5(3-7)8-6/h4-7H,3H2,1-2H3. The highest BCUT2D eigenvalue weighted by Gasteiger charge is 2.40. The normalized spacial score (nSPS) is 36.0. The van der Waals surface area contributed by atoms with Crippen LogP contribution in [0.25, 0.3) is 0 Å². The van der Waals surface area contributed by atoms with Crippen molar-refractivity contribution in [2.75, 3.05) is 6.61 Å². The van der Waals surface area contributed by atoms with E-state index in [4.69, 9.17) is 9.84 Å². The lowest BCUT2D eigenvalue weighted by Crippen LogP contribution is -2.04. The third kappa shape index (κ3) is 1.01. The SMILES string of the molecule is CC(C)C1OC1CO. The summed E-state index contributed by atoms with van der Waals surface area (Å²) in [7, 11) is 0. The molecule has 1 N–H and O–H groups in total. The summed E-state index contributed by atoms with van der Waals surface area (Å²) in [4.78, 5) is 0. The third-order valence-corrected chi connectivity index (χ3v) is 1.46. The van der Waals surface area contributed by atoms with Crippen molar-refractivity contribution in [2.24, 2.45) is 5.92 Å². The molecule has 0 aromatic carbocycles. The van der Waals surface area contributed by atoms with Crippen molar-refractivity contribution in [3.8, 4) is 0 Å². The summed E-state index contributed by atoms with van der Waals surface area (Å²) in [6.45, 7) is 4.38. The van der Waals surface area contributed by atoms with E-state index in [0.29, 0.717) is 12.0 Å². The van der Waals surface area contributed by atoms with Crippen LogP contribution in [0.3, 0.4) is 0 Å². The van der Waals surface area contributed by atoms with Crippen molar-refractivity contribution < 1.29 is 9.84 Å². The Labute approximate surface area is 49.5 Å². The van der Waals surface area contributed by atoms with Crippen LogP contribution in [0.1, 0.15) is 13.8 Å². The van der Waals surface area contributed by atoms with E-state index in [1.165, 1.54) is 0 Å². The van der Waals surface area contributed by atoms with E-state index in [1.807, 2.05) is 0 Å². The van der Waals surface area contributed by atoms with Crippen molar-refractivity contribution in [2.45, 2.75) is 26.1 Å². The van der Waals surface area contributed by atoms with Crippen LogP contribution in [0.5, 0.6) is 0 Å². The van der Waals surface area contributed by atoms with Gasteiger partial charge in [0.25, 0.3) is 0 Å². The monoisotopic (exact) mass is 116 g/mol. The van der Waals surface area contributed by atoms with Gasteiger partial charge >= 0.3 is 0 Å². The molecule has 0 spiro atoms. The second-order valence-electron chi connectivity index (χ2n) is 2.57. The van der Waals surface area contributed by atoms with Crippen LogP contribution in [-0.4, -0.2) is 23.9 Å². The van der Waals surface area contributed by atoms with Gasteiger partial charge in [0.05, 0.1) is 12.7 Å². The van der Waals surface area contributed by atoms with Crippen LogP contribution in [-0.2, 0) is 4.74 Å². The van der Waals surface area contributed by atoms with Crippen molar-refractivity contribution in [1.82, 2.24) is 0 Å². The van der Waals surface area contributed by atoms with Crippen LogP contribution >= 0.6 is 0 Å². The van der Waals surface area contributed by atoms with E-state index in [1.54, 1.807) is 0 Å². The second-order valence-corrected chi connectivity index (χ2v) is 2.57. The molecule has 2 atom stereocenters. The lowest BCUT2D eigenvalue weighted by molar-refractivity contribution is 0.240. The number of rotatable bonds is 2. The van der Waals surface area contributed by atoms with E-state index >= 15 is 0 Å². The highest BCUT2D eigenvalue weighted by Crippen LogP contribution is 2.27. The molecule has 2 nitrogen and oxygen atoms in total. The Morgan fingerprint density at radius 3 is 2.38 bits per heavy atom. The molecule has 1 heterocycles. The number of aliphatic hydroxyl groups is 1. The highest BCUT2D eigenvalue weighted by molar-refractivity contribution is 4.85. The van der Waals surface area contributed by atoms with Gasteiger partial charge in [0.15, 0.2) is 0 Å². The smallest absolute Gasteiger partial charge is 0.107 e. The average Bonchev–Trinajstić information content (AvgIpc) is 2.42. The fourth-order valence-electron chi connectivity index (χ4n) is 0.890. The Morgan fingerprint density at radius 2 is 2.25 bits per heavy atom. The average molecular weight is 116 g/mol. The maximum absolute atomic E-state index is 8.50. The number of epoxide rings is 1. The zero-order valence-corrected chi connectivity index (χ0v) is 5.29. The molecule has 0 aliphatic carbocycles. The molecule has 0 radical (unpaired) electrons. The summed E-state index contributed by atoms with van der Waals surface area (Å²) >= 11 is 0. The molecule has 48 valence electrons. The summed E-state index contributed by atoms with van der Waals surface area (Å²) in [6.07, 6.45) is 0.481. The van der Waals surface area contributed by atoms with Crippen LogP contribution in [0.15, 0.2) is 0 Å². The van der Waals surface area contributed by atoms with Gasteiger partial charge < -0.3 is 9.84 Å². The first-order valence-corrected chi connectivity index (χ1v) is 3.02. The van der Waals surface area contributed by atoms with Gasteiger partial charge in [-0.05, 0) is 5.92 Å². The molecule has 1 fully saturated rings. The Balaban J connectivity index is 2.16. The number of hydrogen-bond donors (Lipinski definition) is 1. The molecule has 1 saturated heterocycles. The minimum absolute atomic E-state index is 0.148. The predicted molar refractivity (Wildman–Crippen MR) is 30.6 cm³/mol. The van der Waals surface area contributed by atoms with Gasteiger partial charge in [-0.2, -0.15) is 0 Å². The van der Waals surface area contributed by atoms with Crippen LogP contribution in [0.4, 0.5) is 0 Å². The van der Waals surface area contributed by atoms with E-state index in [-0.39, 0.29) is 12.7 Å². The first-order valence-electron chi connectivity index (χ1n) is 3.02. The molecule has 0 saturated carbocycles. The number of aliphatic hydroxyl groups excluding tert-OH is 1. The van der Waals surface area contributed by atoms with E-state index in [9.17, 15) is 0 Å². The second kappa shape index (κ2) is 2.03. The molecule has 0 aromatic rings. The van der Waals surface area contributed by atoms with Crippen LogP contribution in [0, 0.1) is 5.92 Å². The maximum Gasteiger partial charge on any atom is 0.107 e. The van der Waals surface area contributed by atoms with Gasteiger partial charge in [0, 0.05) is 0 Å². The van der Waals surface area contributed by atoms with Crippen LogP contribution in [0.2, 0.25) is 0 Å². The topological polar surface area (TPSA) is 32.8 Å². The zero-order chi connectivity index (χ0) is 6.15. The van der Waals surface area contributed by atoms with E-state index in [0.717, 1.165) is 0 Å². The highest BCUT2D eigenvalue weighted by atomic mass is 16.6. The molecule has 0 bridgehead atoms. The molecular weight excluding hydrogens is 104 g/mol. The number of ether oxygens (including phenoxy) is 1. The van der Waals surface area contributed by atoms with Gasteiger partial charge in [0.1, 0.15) is 6.10 Å². The van der Waals surface area contributed by atoms with Crippen molar-refractivity contribution in [3.63, 3.8) is 0 Å². The maximum atomic E-state index is 8.50. The molecule has 1 aliphatic rings. The Bertz CT molecular complexity index is 80.6. The lowest BCUT2D eigenvalue weighted by atomic mass is 10.1. The van der Waals surface area contributed by atoms with Gasteiger partial charge in [0.2, 0.25) is 0 Å². The van der Waals surface area contributed by atoms with Crippen LogP contribution < -0.4 is 0 Å². The molecule has 8 heavy (non-hydrogen) atoms. The fourth-order valence-corrected chi connectivity index (χ4v) is 0.890. The number of hydrogen-bond acceptors (Lipinski definition) is 2. The minimum atomic E-state index is 0.148. The third-order valence-electron chi connectivity index (χ3n) is 1.46. The summed E-state index contributed by atoms with van der Waals surface area (Å²) < 4.78 is 5.08. The molecular formula is C6H12O2. The summed E-state index contributed by atoms with van der Waals surface area (Å²) in [5.74, 6) is 0.562. The first-order chi connectivity index (χ1) is 3.75. The fraction of sp³-hybridized carbons (Fsp3) is 1.00. The predicted octanol–water partition coefficient (Wildman–Crippen LogP) is 0.402. The minimum Gasteiger partial charge on any atom is -0.394 e. The summed E-state index contributed by atoms with van der Waals surface area (Å²) in [5.41, 5.74) is 0. The molecule has 1 rings (SSSR count). The molecule has 2 unspecified atom stereocenters. The van der Waals surface area contributed by atoms with Gasteiger partial charge in [-0.15, -0.1) is 0 Å². The molecule has 0 aromatic heterocycles. The van der Waals surface area contributed by atoms with E-state index < -0.39 is 0 Å². The molecule has 1 aliphatic heterocycles. The largest absolute Gasteiger partial charge is 0.394 e. The summed E-state index contributed by atoms with van der Waals surface area (Å²) in [6, 6.07) is 0. The van der Waals surface area contributed by atoms with Gasteiger partial charge in [-0.25, -0.2) is 0 Å². The Morgan fingerprint density at radius 1 is 1.62 bits per heavy atom. The first kappa shape index (κ1) is 6.05. The Kier molecular flexibility index (Phi) is 1.54. The molecule has 2 heteroatoms. The van der Waals surface area contributed by atoms with Crippen molar-refractivity contribution in [3.05, 3.63) is 0 Å². The Hall–Kier alpha value is -0.0800. The van der Waals surface area contributed by atoms with Crippen molar-refractivity contribution in [1.29, 1.82) is 0 Å². The van der Waals surface area contributed by atoms with Crippen molar-refractivity contribution >= 4 is 0 Å². The molecule has 0 amide bonds. The van der Waals surface area contributed by atoms with E-state index in [2.05, 4.69) is 13.8 Å².